The van der Waals surface area contributed by atoms with Gasteiger partial charge in [0.05, 0.1) is 16.6 Å². The first-order chi connectivity index (χ1) is 10.3. The van der Waals surface area contributed by atoms with E-state index in [2.05, 4.69) is 53.4 Å². The number of hydrogen-bond acceptors (Lipinski definition) is 4. The number of aryl methyl sites for hydroxylation is 1. The first kappa shape index (κ1) is 14.2. The van der Waals surface area contributed by atoms with Crippen molar-refractivity contribution >= 4 is 22.2 Å². The molecule has 0 fully saturated rings. The number of nitrogens with one attached hydrogen (secondary N) is 1. The van der Waals surface area contributed by atoms with Crippen LogP contribution in [0.1, 0.15) is 34.8 Å². The number of thiazole rings is 1. The van der Waals surface area contributed by atoms with Crippen molar-refractivity contribution in [3.8, 4) is 0 Å². The molecule has 2 aromatic heterocycles. The number of nitrogens with zero attached hydrogens (tertiary/aromatic N) is 2. The average molecular weight is 297 g/mol. The molecule has 108 valence electrons. The van der Waals surface area contributed by atoms with Crippen LogP contribution in [0.2, 0.25) is 0 Å². The van der Waals surface area contributed by atoms with E-state index in [1.165, 1.54) is 15.8 Å². The summed E-state index contributed by atoms with van der Waals surface area (Å²) in [5.74, 6) is 0. The Labute approximate surface area is 129 Å². The summed E-state index contributed by atoms with van der Waals surface area (Å²) < 4.78 is 0. The largest absolute Gasteiger partial charge is 0.306 e. The van der Waals surface area contributed by atoms with Crippen LogP contribution in [0.4, 0.5) is 0 Å². The number of pyridine rings is 1. The molecule has 1 atom stereocenters. The van der Waals surface area contributed by atoms with E-state index in [1.54, 1.807) is 11.3 Å². The van der Waals surface area contributed by atoms with Gasteiger partial charge in [0.15, 0.2) is 0 Å². The van der Waals surface area contributed by atoms with Gasteiger partial charge in [-0.15, -0.1) is 11.3 Å². The molecule has 0 amide bonds. The van der Waals surface area contributed by atoms with E-state index in [-0.39, 0.29) is 6.04 Å². The lowest BCUT2D eigenvalue weighted by atomic mass is 10.0. The van der Waals surface area contributed by atoms with Crippen LogP contribution in [-0.2, 0) is 0 Å². The topological polar surface area (TPSA) is 37.8 Å². The van der Waals surface area contributed by atoms with Gasteiger partial charge in [0.2, 0.25) is 0 Å². The Morgan fingerprint density at radius 3 is 2.90 bits per heavy atom. The normalized spacial score (nSPS) is 12.7. The maximum Gasteiger partial charge on any atom is 0.0897 e. The zero-order chi connectivity index (χ0) is 14.7. The number of fused-ring (bicyclic) bond motifs is 1. The summed E-state index contributed by atoms with van der Waals surface area (Å²) in [6, 6.07) is 10.8. The van der Waals surface area contributed by atoms with Crippen LogP contribution in [0.25, 0.3) is 10.9 Å². The molecule has 4 heteroatoms. The second kappa shape index (κ2) is 6.33. The highest BCUT2D eigenvalue weighted by atomic mass is 32.1. The van der Waals surface area contributed by atoms with Crippen molar-refractivity contribution in [2.24, 2.45) is 0 Å². The molecule has 0 aliphatic heterocycles. The predicted molar refractivity (Wildman–Crippen MR) is 88.7 cm³/mol. The molecule has 3 nitrogen and oxygen atoms in total. The molecule has 0 bridgehead atoms. The second-order valence-corrected chi connectivity index (χ2v) is 6.39. The average Bonchev–Trinajstić information content (AvgIpc) is 2.94. The van der Waals surface area contributed by atoms with Crippen LogP contribution < -0.4 is 5.32 Å². The zero-order valence-electron chi connectivity index (χ0n) is 12.3. The van der Waals surface area contributed by atoms with E-state index in [4.69, 9.17) is 0 Å². The Hall–Kier alpha value is -1.78. The zero-order valence-corrected chi connectivity index (χ0v) is 13.2. The van der Waals surface area contributed by atoms with Crippen molar-refractivity contribution in [2.75, 3.05) is 6.54 Å². The molecule has 1 aromatic carbocycles. The third kappa shape index (κ3) is 3.12. The third-order valence-electron chi connectivity index (χ3n) is 3.48. The molecular weight excluding hydrogens is 278 g/mol. The van der Waals surface area contributed by atoms with Gasteiger partial charge in [-0.05, 0) is 43.7 Å². The molecule has 0 spiro atoms. The maximum absolute atomic E-state index is 4.40. The molecule has 3 aromatic rings. The molecule has 0 aliphatic rings. The Balaban J connectivity index is 2.00. The van der Waals surface area contributed by atoms with Gasteiger partial charge in [0.25, 0.3) is 0 Å². The second-order valence-electron chi connectivity index (χ2n) is 5.12. The summed E-state index contributed by atoms with van der Waals surface area (Å²) in [6.07, 6.45) is 4.94. The van der Waals surface area contributed by atoms with Gasteiger partial charge in [-0.2, -0.15) is 0 Å². The lowest BCUT2D eigenvalue weighted by molar-refractivity contribution is 0.605. The van der Waals surface area contributed by atoms with Crippen molar-refractivity contribution in [2.45, 2.75) is 26.3 Å². The summed E-state index contributed by atoms with van der Waals surface area (Å²) in [6.45, 7) is 5.23. The van der Waals surface area contributed by atoms with E-state index >= 15 is 0 Å². The van der Waals surface area contributed by atoms with Gasteiger partial charge >= 0.3 is 0 Å². The molecule has 21 heavy (non-hydrogen) atoms. The van der Waals surface area contributed by atoms with Crippen molar-refractivity contribution in [1.29, 1.82) is 0 Å². The van der Waals surface area contributed by atoms with Gasteiger partial charge in [-0.3, -0.25) is 4.98 Å². The molecule has 2 heterocycles. The van der Waals surface area contributed by atoms with E-state index < -0.39 is 0 Å². The Kier molecular flexibility index (Phi) is 4.27. The smallest absolute Gasteiger partial charge is 0.0897 e. The minimum absolute atomic E-state index is 0.209. The lowest BCUT2D eigenvalue weighted by Gasteiger charge is -2.17. The van der Waals surface area contributed by atoms with E-state index in [0.29, 0.717) is 0 Å². The summed E-state index contributed by atoms with van der Waals surface area (Å²) in [4.78, 5) is 10.1. The molecule has 1 unspecified atom stereocenters. The fourth-order valence-corrected chi connectivity index (χ4v) is 3.35. The van der Waals surface area contributed by atoms with Crippen LogP contribution in [-0.4, -0.2) is 16.5 Å². The number of aromatic nitrogens is 2. The number of benzene rings is 1. The first-order valence-corrected chi connectivity index (χ1v) is 8.10. The van der Waals surface area contributed by atoms with Crippen molar-refractivity contribution < 1.29 is 0 Å². The van der Waals surface area contributed by atoms with Crippen LogP contribution in [0.3, 0.4) is 0 Å². The Morgan fingerprint density at radius 2 is 2.14 bits per heavy atom. The Morgan fingerprint density at radius 1 is 1.24 bits per heavy atom. The van der Waals surface area contributed by atoms with Crippen molar-refractivity contribution in [3.63, 3.8) is 0 Å². The predicted octanol–water partition coefficient (Wildman–Crippen LogP) is 4.09. The molecule has 0 saturated carbocycles. The van der Waals surface area contributed by atoms with Crippen LogP contribution in [0, 0.1) is 6.92 Å². The highest BCUT2D eigenvalue weighted by Crippen LogP contribution is 2.28. The standard InChI is InChI=1S/C17H19N3S/c1-3-8-19-17(16-11-20-12(2)21-16)14-6-7-15-13(10-14)5-4-9-18-15/h4-7,9-11,17,19H,3,8H2,1-2H3. The number of rotatable bonds is 5. The fourth-order valence-electron chi connectivity index (χ4n) is 2.46. The fraction of sp³-hybridized carbons (Fsp3) is 0.294. The van der Waals surface area contributed by atoms with E-state index in [9.17, 15) is 0 Å². The summed E-state index contributed by atoms with van der Waals surface area (Å²) in [7, 11) is 0. The lowest BCUT2D eigenvalue weighted by Crippen LogP contribution is -2.22. The monoisotopic (exact) mass is 297 g/mol. The molecule has 0 radical (unpaired) electrons. The minimum atomic E-state index is 0.209. The Bertz CT molecular complexity index is 735. The van der Waals surface area contributed by atoms with Gasteiger partial charge in [0, 0.05) is 22.7 Å². The first-order valence-electron chi connectivity index (χ1n) is 7.28. The van der Waals surface area contributed by atoms with Crippen molar-refractivity contribution in [3.05, 3.63) is 58.2 Å². The van der Waals surface area contributed by atoms with Gasteiger partial charge in [-0.25, -0.2) is 4.98 Å². The number of hydrogen-bond donors (Lipinski definition) is 1. The van der Waals surface area contributed by atoms with E-state index in [0.717, 1.165) is 23.5 Å². The quantitative estimate of drug-likeness (QED) is 0.771. The van der Waals surface area contributed by atoms with Gasteiger partial charge in [0.1, 0.15) is 0 Å². The summed E-state index contributed by atoms with van der Waals surface area (Å²) >= 11 is 1.76. The van der Waals surface area contributed by atoms with Crippen molar-refractivity contribution in [1.82, 2.24) is 15.3 Å². The molecular formula is C17H19N3S. The SMILES string of the molecule is CCCNC(c1ccc2ncccc2c1)c1cnc(C)s1. The van der Waals surface area contributed by atoms with Crippen LogP contribution >= 0.6 is 11.3 Å². The highest BCUT2D eigenvalue weighted by molar-refractivity contribution is 7.11. The molecule has 0 saturated heterocycles. The molecule has 1 N–H and O–H groups in total. The van der Waals surface area contributed by atoms with E-state index in [1.807, 2.05) is 18.5 Å². The van der Waals surface area contributed by atoms with Gasteiger partial charge < -0.3 is 5.32 Å². The van der Waals surface area contributed by atoms with Crippen LogP contribution in [0.5, 0.6) is 0 Å². The summed E-state index contributed by atoms with van der Waals surface area (Å²) in [5, 5.41) is 5.92. The molecule has 3 rings (SSSR count). The van der Waals surface area contributed by atoms with Crippen LogP contribution in [0.15, 0.2) is 42.7 Å². The summed E-state index contributed by atoms with van der Waals surface area (Å²) in [5.41, 5.74) is 2.31. The highest BCUT2D eigenvalue weighted by Gasteiger charge is 2.16. The third-order valence-corrected chi connectivity index (χ3v) is 4.46. The minimum Gasteiger partial charge on any atom is -0.306 e. The molecule has 0 aliphatic carbocycles. The van der Waals surface area contributed by atoms with Gasteiger partial charge in [-0.1, -0.05) is 19.1 Å². The maximum atomic E-state index is 4.40.